The van der Waals surface area contributed by atoms with Crippen LogP contribution in [0.4, 0.5) is 17.1 Å². The van der Waals surface area contributed by atoms with Gasteiger partial charge in [0.15, 0.2) is 0 Å². The standard InChI is InChI=1S/C61H43NO/c1-61(2)57-20-12-11-19-51(57)52-33-31-50(39-58(52)61)62(48-27-21-42(22-28-48)40-13-5-3-6-14-40)49-29-23-43(24-30-49)46-26-34-59-56(37-46)55-36-45-18-10-9-17-44(45)35-54(55)53-32-25-47(38-60(53)63-59)41-15-7-4-8-16-41/h3-39H,1-2H3/i4D,7D,8D,15D,16D. The van der Waals surface area contributed by atoms with Gasteiger partial charge < -0.3 is 9.64 Å². The van der Waals surface area contributed by atoms with Gasteiger partial charge in [0.1, 0.15) is 11.5 Å². The molecule has 1 aliphatic heterocycles. The summed E-state index contributed by atoms with van der Waals surface area (Å²) in [6, 6.07) is 66.6. The Morgan fingerprint density at radius 1 is 0.365 bits per heavy atom. The Bertz CT molecular complexity index is 3650. The summed E-state index contributed by atoms with van der Waals surface area (Å²) in [7, 11) is 0. The van der Waals surface area contributed by atoms with E-state index >= 15 is 0 Å². The van der Waals surface area contributed by atoms with Crippen molar-refractivity contribution in [2.75, 3.05) is 4.90 Å². The summed E-state index contributed by atoms with van der Waals surface area (Å²) in [4.78, 5) is 2.35. The lowest BCUT2D eigenvalue weighted by atomic mass is 9.82. The second-order valence-electron chi connectivity index (χ2n) is 17.0. The van der Waals surface area contributed by atoms with Gasteiger partial charge in [-0.05, 0) is 150 Å². The van der Waals surface area contributed by atoms with E-state index in [9.17, 15) is 0 Å². The molecular weight excluding hydrogens is 763 g/mol. The van der Waals surface area contributed by atoms with Crippen LogP contribution in [0, 0.1) is 0 Å². The smallest absolute Gasteiger partial charge is 0.135 e. The van der Waals surface area contributed by atoms with Crippen LogP contribution in [-0.2, 0) is 5.41 Å². The predicted octanol–water partition coefficient (Wildman–Crippen LogP) is 17.1. The molecule has 10 aromatic carbocycles. The Kier molecular flexibility index (Phi) is 7.39. The molecule has 0 amide bonds. The highest BCUT2D eigenvalue weighted by molar-refractivity contribution is 6.01. The maximum absolute atomic E-state index is 8.70. The highest BCUT2D eigenvalue weighted by atomic mass is 16.5. The van der Waals surface area contributed by atoms with Crippen molar-refractivity contribution in [2.45, 2.75) is 19.3 Å². The molecule has 2 heteroatoms. The first-order chi connectivity index (χ1) is 33.0. The molecule has 0 atom stereocenters. The summed E-state index contributed by atoms with van der Waals surface area (Å²) in [6.45, 7) is 4.64. The Labute approximate surface area is 376 Å². The van der Waals surface area contributed by atoms with Crippen molar-refractivity contribution in [3.8, 4) is 78.3 Å². The normalized spacial score (nSPS) is 14.0. The van der Waals surface area contributed by atoms with Crippen LogP contribution in [-0.4, -0.2) is 0 Å². The van der Waals surface area contributed by atoms with E-state index in [2.05, 4.69) is 170 Å². The summed E-state index contributed by atoms with van der Waals surface area (Å²) >= 11 is 0. The van der Waals surface area contributed by atoms with E-state index in [0.29, 0.717) is 17.1 Å². The van der Waals surface area contributed by atoms with Crippen LogP contribution in [0.25, 0.3) is 77.5 Å². The Morgan fingerprint density at radius 3 is 1.63 bits per heavy atom. The maximum atomic E-state index is 8.70. The lowest BCUT2D eigenvalue weighted by Crippen LogP contribution is -2.16. The maximum Gasteiger partial charge on any atom is 0.135 e. The highest BCUT2D eigenvalue weighted by Gasteiger charge is 2.36. The quantitative estimate of drug-likeness (QED) is 0.166. The predicted molar refractivity (Wildman–Crippen MR) is 263 cm³/mol. The van der Waals surface area contributed by atoms with Gasteiger partial charge in [-0.15, -0.1) is 0 Å². The minimum atomic E-state index is -0.420. The largest absolute Gasteiger partial charge is 0.456 e. The van der Waals surface area contributed by atoms with Gasteiger partial charge in [-0.1, -0.05) is 165 Å². The van der Waals surface area contributed by atoms with Crippen LogP contribution in [0.5, 0.6) is 11.5 Å². The molecule has 0 saturated heterocycles. The van der Waals surface area contributed by atoms with Crippen molar-refractivity contribution in [1.29, 1.82) is 0 Å². The van der Waals surface area contributed by atoms with Gasteiger partial charge in [0.2, 0.25) is 0 Å². The first-order valence-electron chi connectivity index (χ1n) is 23.9. The molecule has 2 nitrogen and oxygen atoms in total. The molecule has 12 rings (SSSR count). The first kappa shape index (κ1) is 31.9. The highest BCUT2D eigenvalue weighted by Crippen LogP contribution is 2.52. The summed E-state index contributed by atoms with van der Waals surface area (Å²) < 4.78 is 49.0. The molecule has 0 fully saturated rings. The average molecular weight is 811 g/mol. The molecule has 1 heterocycles. The van der Waals surface area contributed by atoms with Crippen LogP contribution in [0.1, 0.15) is 31.8 Å². The van der Waals surface area contributed by atoms with Crippen molar-refractivity contribution in [3.63, 3.8) is 0 Å². The van der Waals surface area contributed by atoms with E-state index in [0.717, 1.165) is 66.8 Å². The number of fused-ring (bicyclic) bond motifs is 9. The summed E-state index contributed by atoms with van der Waals surface area (Å²) in [6.07, 6.45) is 0. The number of rotatable bonds is 6. The zero-order valence-corrected chi connectivity index (χ0v) is 34.8. The van der Waals surface area contributed by atoms with E-state index in [1.54, 1.807) is 6.07 Å². The van der Waals surface area contributed by atoms with Crippen molar-refractivity contribution < 1.29 is 11.6 Å². The zero-order valence-electron chi connectivity index (χ0n) is 39.8. The molecule has 1 aliphatic carbocycles. The van der Waals surface area contributed by atoms with Crippen LogP contribution in [0.15, 0.2) is 224 Å². The van der Waals surface area contributed by atoms with E-state index in [4.69, 9.17) is 11.6 Å². The van der Waals surface area contributed by atoms with E-state index in [1.807, 2.05) is 36.4 Å². The van der Waals surface area contributed by atoms with Crippen LogP contribution >= 0.6 is 0 Å². The monoisotopic (exact) mass is 810 g/mol. The molecule has 298 valence electrons. The molecule has 0 aromatic heterocycles. The Balaban J connectivity index is 0.954. The molecule has 0 unspecified atom stereocenters. The fraction of sp³-hybridized carbons (Fsp3) is 0.0492. The van der Waals surface area contributed by atoms with Gasteiger partial charge in [0, 0.05) is 33.6 Å². The van der Waals surface area contributed by atoms with Gasteiger partial charge in [-0.2, -0.15) is 0 Å². The third-order valence-corrected chi connectivity index (χ3v) is 13.0. The molecule has 0 radical (unpaired) electrons. The van der Waals surface area contributed by atoms with Gasteiger partial charge in [0.25, 0.3) is 0 Å². The van der Waals surface area contributed by atoms with Gasteiger partial charge >= 0.3 is 0 Å². The minimum Gasteiger partial charge on any atom is -0.456 e. The topological polar surface area (TPSA) is 12.5 Å². The molecule has 2 aliphatic rings. The molecule has 0 spiro atoms. The second-order valence-corrected chi connectivity index (χ2v) is 17.0. The van der Waals surface area contributed by atoms with Crippen molar-refractivity contribution in [2.24, 2.45) is 0 Å². The minimum absolute atomic E-state index is 0.137. The SMILES string of the molecule is [2H]c1c([2H])c([2H])c(-c2ccc3c(c2)Oc2ccc(-c4ccc(N(c5ccc(-c6ccccc6)cc5)c5ccc6c(c5)C(C)(C)c5ccccc5-6)cc4)cc2-c2cc4ccccc4cc2-3)c([2H])c1[2H]. The van der Waals surface area contributed by atoms with Gasteiger partial charge in [0.05, 0.1) is 6.85 Å². The van der Waals surface area contributed by atoms with Crippen LogP contribution in [0.3, 0.4) is 0 Å². The fourth-order valence-corrected chi connectivity index (χ4v) is 9.71. The number of anilines is 3. The van der Waals surface area contributed by atoms with Gasteiger partial charge in [-0.3, -0.25) is 0 Å². The molecule has 63 heavy (non-hydrogen) atoms. The number of nitrogens with zero attached hydrogens (tertiary/aromatic N) is 1. The lowest BCUT2D eigenvalue weighted by molar-refractivity contribution is 0.488. The third kappa shape index (κ3) is 6.25. The summed E-state index contributed by atoms with van der Waals surface area (Å²) in [5.74, 6) is 1.20. The summed E-state index contributed by atoms with van der Waals surface area (Å²) in [5, 5.41) is 2.18. The van der Waals surface area contributed by atoms with Gasteiger partial charge in [-0.25, -0.2) is 0 Å². The van der Waals surface area contributed by atoms with E-state index in [-0.39, 0.29) is 35.1 Å². The molecular formula is C61H43NO. The molecule has 0 saturated carbocycles. The number of hydrogen-bond donors (Lipinski definition) is 0. The van der Waals surface area contributed by atoms with E-state index < -0.39 is 6.04 Å². The third-order valence-electron chi connectivity index (χ3n) is 13.0. The molecule has 0 N–H and O–H groups in total. The molecule has 0 bridgehead atoms. The average Bonchev–Trinajstić information content (AvgIpc) is 3.51. The Hall–Kier alpha value is -7.94. The lowest BCUT2D eigenvalue weighted by Gasteiger charge is -2.28. The van der Waals surface area contributed by atoms with Crippen molar-refractivity contribution in [1.82, 2.24) is 0 Å². The van der Waals surface area contributed by atoms with E-state index in [1.165, 1.54) is 27.8 Å². The summed E-state index contributed by atoms with van der Waals surface area (Å²) in [5.41, 5.74) is 17.1. The first-order valence-corrected chi connectivity index (χ1v) is 21.4. The number of hydrogen-bond acceptors (Lipinski definition) is 2. The van der Waals surface area contributed by atoms with Crippen molar-refractivity contribution >= 4 is 27.8 Å². The zero-order chi connectivity index (χ0) is 46.4. The number of ether oxygens (including phenoxy) is 1. The Morgan fingerprint density at radius 2 is 0.905 bits per heavy atom. The van der Waals surface area contributed by atoms with Crippen molar-refractivity contribution in [3.05, 3.63) is 235 Å². The molecule has 10 aromatic rings. The van der Waals surface area contributed by atoms with Crippen LogP contribution in [0.2, 0.25) is 0 Å². The second kappa shape index (κ2) is 14.6. The number of benzene rings is 10. The fourth-order valence-electron chi connectivity index (χ4n) is 9.71. The van der Waals surface area contributed by atoms with Crippen LogP contribution < -0.4 is 9.64 Å².